The first-order valence-electron chi connectivity index (χ1n) is 9.14. The molecule has 1 spiro atoms. The zero-order valence-corrected chi connectivity index (χ0v) is 14.9. The highest BCUT2D eigenvalue weighted by Gasteiger charge is 2.52. The van der Waals surface area contributed by atoms with E-state index in [9.17, 15) is 4.79 Å². The molecule has 0 radical (unpaired) electrons. The molecular formula is C19H29N3O2. The van der Waals surface area contributed by atoms with Crippen molar-refractivity contribution < 1.29 is 9.53 Å². The maximum atomic E-state index is 12.5. The van der Waals surface area contributed by atoms with E-state index in [1.807, 2.05) is 18.3 Å². The minimum atomic E-state index is -0.0165. The summed E-state index contributed by atoms with van der Waals surface area (Å²) in [4.78, 5) is 21.7. The number of methoxy groups -OCH3 is 1. The van der Waals surface area contributed by atoms with Gasteiger partial charge in [-0.15, -0.1) is 0 Å². The van der Waals surface area contributed by atoms with Crippen LogP contribution in [0, 0.1) is 0 Å². The van der Waals surface area contributed by atoms with Crippen molar-refractivity contribution in [2.75, 3.05) is 26.8 Å². The van der Waals surface area contributed by atoms with Crippen molar-refractivity contribution in [3.8, 4) is 0 Å². The lowest BCUT2D eigenvalue weighted by Gasteiger charge is -2.52. The molecule has 132 valence electrons. The first-order chi connectivity index (χ1) is 11.7. The quantitative estimate of drug-likeness (QED) is 0.803. The summed E-state index contributed by atoms with van der Waals surface area (Å²) in [5.74, 6) is 0.296. The molecule has 1 aromatic heterocycles. The Morgan fingerprint density at radius 1 is 1.38 bits per heavy atom. The van der Waals surface area contributed by atoms with E-state index < -0.39 is 0 Å². The summed E-state index contributed by atoms with van der Waals surface area (Å²) in [6.45, 7) is 5.53. The predicted octanol–water partition coefficient (Wildman–Crippen LogP) is 2.46. The zero-order valence-electron chi connectivity index (χ0n) is 14.9. The van der Waals surface area contributed by atoms with E-state index in [2.05, 4.69) is 27.8 Å². The van der Waals surface area contributed by atoms with Gasteiger partial charge < -0.3 is 9.64 Å². The smallest absolute Gasteiger partial charge is 0.223 e. The van der Waals surface area contributed by atoms with Crippen molar-refractivity contribution in [2.45, 2.75) is 57.2 Å². The van der Waals surface area contributed by atoms with Crippen LogP contribution in [0.4, 0.5) is 0 Å². The summed E-state index contributed by atoms with van der Waals surface area (Å²) in [5, 5.41) is 0. The molecule has 24 heavy (non-hydrogen) atoms. The summed E-state index contributed by atoms with van der Waals surface area (Å²) < 4.78 is 5.26. The van der Waals surface area contributed by atoms with Crippen LogP contribution < -0.4 is 0 Å². The average Bonchev–Trinajstić information content (AvgIpc) is 2.90. The highest BCUT2D eigenvalue weighted by molar-refractivity contribution is 5.80. The van der Waals surface area contributed by atoms with Gasteiger partial charge in [0, 0.05) is 38.9 Å². The normalized spacial score (nSPS) is 28.0. The molecule has 0 bridgehead atoms. The van der Waals surface area contributed by atoms with Gasteiger partial charge >= 0.3 is 0 Å². The fourth-order valence-corrected chi connectivity index (χ4v) is 4.76. The van der Waals surface area contributed by atoms with Crippen LogP contribution in [0.1, 0.15) is 44.7 Å². The Morgan fingerprint density at radius 2 is 2.25 bits per heavy atom. The van der Waals surface area contributed by atoms with Crippen molar-refractivity contribution in [1.29, 1.82) is 0 Å². The van der Waals surface area contributed by atoms with E-state index in [4.69, 9.17) is 4.74 Å². The first kappa shape index (κ1) is 17.4. The maximum Gasteiger partial charge on any atom is 0.223 e. The number of aromatic nitrogens is 1. The van der Waals surface area contributed by atoms with Crippen LogP contribution in [0.15, 0.2) is 24.4 Å². The molecule has 2 aliphatic rings. The van der Waals surface area contributed by atoms with E-state index in [0.29, 0.717) is 31.5 Å². The van der Waals surface area contributed by atoms with E-state index in [1.54, 1.807) is 7.11 Å². The third-order valence-corrected chi connectivity index (χ3v) is 5.72. The van der Waals surface area contributed by atoms with Crippen LogP contribution >= 0.6 is 0 Å². The van der Waals surface area contributed by atoms with Crippen LogP contribution in [0.3, 0.4) is 0 Å². The van der Waals surface area contributed by atoms with Crippen molar-refractivity contribution >= 4 is 5.91 Å². The Hall–Kier alpha value is -1.46. The van der Waals surface area contributed by atoms with Gasteiger partial charge in [0.1, 0.15) is 0 Å². The highest BCUT2D eigenvalue weighted by atomic mass is 16.5. The van der Waals surface area contributed by atoms with Crippen molar-refractivity contribution in [2.24, 2.45) is 0 Å². The number of nitrogens with zero attached hydrogens (tertiary/aromatic N) is 3. The summed E-state index contributed by atoms with van der Waals surface area (Å²) >= 11 is 0. The molecule has 0 unspecified atom stereocenters. The standard InChI is InChI=1S/C19H29N3O2/c1-3-17-19(10-8-18(23)22(19)13-14-24-2)9-6-12-21(17)15-16-7-4-5-11-20-16/h4-5,7,11,17H,3,6,8-10,12-15H2,1-2H3/t17-,19-/m0/s1. The molecule has 2 fully saturated rings. The SMILES string of the molecule is CC[C@@H]1N(Cc2ccccn2)CCC[C@]12CCC(=O)N2CCOC. The zero-order chi connectivity index (χ0) is 17.0. The van der Waals surface area contributed by atoms with Crippen molar-refractivity contribution in [3.63, 3.8) is 0 Å². The van der Waals surface area contributed by atoms with Gasteiger partial charge in [-0.05, 0) is 44.4 Å². The lowest BCUT2D eigenvalue weighted by atomic mass is 9.77. The Kier molecular flexibility index (Phi) is 5.51. The summed E-state index contributed by atoms with van der Waals surface area (Å²) in [6.07, 6.45) is 6.83. The van der Waals surface area contributed by atoms with Crippen molar-refractivity contribution in [3.05, 3.63) is 30.1 Å². The molecule has 0 aliphatic carbocycles. The Labute approximate surface area is 145 Å². The van der Waals surface area contributed by atoms with Gasteiger partial charge in [-0.25, -0.2) is 0 Å². The van der Waals surface area contributed by atoms with Gasteiger partial charge in [0.2, 0.25) is 5.91 Å². The van der Waals surface area contributed by atoms with Crippen LogP contribution in [0.25, 0.3) is 0 Å². The number of carbonyl (C=O) groups is 1. The minimum Gasteiger partial charge on any atom is -0.383 e. The number of pyridine rings is 1. The maximum absolute atomic E-state index is 12.5. The number of piperidine rings is 1. The van der Waals surface area contributed by atoms with Crippen LogP contribution in [0.2, 0.25) is 0 Å². The molecule has 0 aromatic carbocycles. The number of amides is 1. The summed E-state index contributed by atoms with van der Waals surface area (Å²) in [6, 6.07) is 6.50. The minimum absolute atomic E-state index is 0.0165. The number of carbonyl (C=O) groups excluding carboxylic acids is 1. The second kappa shape index (κ2) is 7.62. The molecular weight excluding hydrogens is 302 g/mol. The Balaban J connectivity index is 1.82. The lowest BCUT2D eigenvalue weighted by Crippen LogP contribution is -2.63. The van der Waals surface area contributed by atoms with Gasteiger partial charge in [-0.1, -0.05) is 13.0 Å². The van der Waals surface area contributed by atoms with Crippen molar-refractivity contribution in [1.82, 2.24) is 14.8 Å². The van der Waals surface area contributed by atoms with E-state index >= 15 is 0 Å². The second-order valence-electron chi connectivity index (χ2n) is 6.96. The molecule has 1 aromatic rings. The Morgan fingerprint density at radius 3 is 2.96 bits per heavy atom. The van der Waals surface area contributed by atoms with Gasteiger partial charge in [-0.2, -0.15) is 0 Å². The fourth-order valence-electron chi connectivity index (χ4n) is 4.76. The van der Waals surface area contributed by atoms with E-state index in [0.717, 1.165) is 44.5 Å². The molecule has 2 atom stereocenters. The third kappa shape index (κ3) is 3.20. The van der Waals surface area contributed by atoms with Gasteiger partial charge in [0.15, 0.2) is 0 Å². The summed E-state index contributed by atoms with van der Waals surface area (Å²) in [5.41, 5.74) is 1.10. The first-order valence-corrected chi connectivity index (χ1v) is 9.14. The van der Waals surface area contributed by atoms with Crippen LogP contribution in [-0.4, -0.2) is 59.1 Å². The number of hydrogen-bond acceptors (Lipinski definition) is 4. The van der Waals surface area contributed by atoms with Crippen LogP contribution in [0.5, 0.6) is 0 Å². The molecule has 0 N–H and O–H groups in total. The Bertz CT molecular complexity index is 551. The molecule has 1 amide bonds. The molecule has 5 heteroatoms. The number of hydrogen-bond donors (Lipinski definition) is 0. The second-order valence-corrected chi connectivity index (χ2v) is 6.96. The van der Waals surface area contributed by atoms with Gasteiger partial charge in [0.05, 0.1) is 17.8 Å². The fraction of sp³-hybridized carbons (Fsp3) is 0.684. The van der Waals surface area contributed by atoms with Gasteiger partial charge in [0.25, 0.3) is 0 Å². The number of ether oxygens (including phenoxy) is 1. The lowest BCUT2D eigenvalue weighted by molar-refractivity contribution is -0.136. The molecule has 3 heterocycles. The largest absolute Gasteiger partial charge is 0.383 e. The van der Waals surface area contributed by atoms with E-state index in [-0.39, 0.29) is 5.54 Å². The predicted molar refractivity (Wildman–Crippen MR) is 93.5 cm³/mol. The van der Waals surface area contributed by atoms with Gasteiger partial charge in [-0.3, -0.25) is 14.7 Å². The molecule has 2 saturated heterocycles. The monoisotopic (exact) mass is 331 g/mol. The van der Waals surface area contributed by atoms with E-state index in [1.165, 1.54) is 0 Å². The molecule has 2 aliphatic heterocycles. The topological polar surface area (TPSA) is 45.7 Å². The molecule has 5 nitrogen and oxygen atoms in total. The third-order valence-electron chi connectivity index (χ3n) is 5.72. The highest BCUT2D eigenvalue weighted by Crippen LogP contribution is 2.43. The average molecular weight is 331 g/mol. The van der Waals surface area contributed by atoms with Crippen LogP contribution in [-0.2, 0) is 16.1 Å². The number of likely N-dealkylation sites (tertiary alicyclic amines) is 2. The molecule has 3 rings (SSSR count). The number of rotatable bonds is 6. The molecule has 0 saturated carbocycles. The summed E-state index contributed by atoms with van der Waals surface area (Å²) in [7, 11) is 1.71.